The van der Waals surface area contributed by atoms with Crippen molar-refractivity contribution in [3.63, 3.8) is 0 Å². The molecule has 0 aliphatic rings. The third-order valence-corrected chi connectivity index (χ3v) is 3.32. The van der Waals surface area contributed by atoms with E-state index in [1.54, 1.807) is 12.1 Å². The van der Waals surface area contributed by atoms with E-state index < -0.39 is 4.92 Å². The molecular weight excluding hydrogens is 230 g/mol. The first kappa shape index (κ1) is 14.0. The molecule has 0 spiro atoms. The second-order valence-electron chi connectivity index (χ2n) is 4.49. The monoisotopic (exact) mass is 247 g/mol. The van der Waals surface area contributed by atoms with E-state index in [1.807, 2.05) is 26.8 Å². The molecule has 1 N–H and O–H groups in total. The summed E-state index contributed by atoms with van der Waals surface area (Å²) in [5, 5.41) is 23.0. The summed E-state index contributed by atoms with van der Waals surface area (Å²) in [6.45, 7) is 6.09. The molecule has 96 valence electrons. The molecule has 0 saturated heterocycles. The molecule has 0 unspecified atom stereocenters. The van der Waals surface area contributed by atoms with Gasteiger partial charge in [-0.25, -0.2) is 0 Å². The highest BCUT2D eigenvalue weighted by Crippen LogP contribution is 2.30. The second kappa shape index (κ2) is 5.50. The number of hydrogen-bond donors (Lipinski definition) is 1. The maximum atomic E-state index is 11.0. The normalized spacial score (nSPS) is 10.8. The first-order valence-electron chi connectivity index (χ1n) is 5.92. The van der Waals surface area contributed by atoms with Gasteiger partial charge >= 0.3 is 0 Å². The third-order valence-electron chi connectivity index (χ3n) is 3.32. The highest BCUT2D eigenvalue weighted by molar-refractivity contribution is 5.65. The molecule has 0 aromatic heterocycles. The Hall–Kier alpha value is -2.09. The smallest absolute Gasteiger partial charge is 0.293 e. The van der Waals surface area contributed by atoms with Gasteiger partial charge in [-0.2, -0.15) is 5.26 Å². The van der Waals surface area contributed by atoms with Crippen LogP contribution in [0.4, 0.5) is 11.4 Å². The number of rotatable bonds is 5. The van der Waals surface area contributed by atoms with Crippen LogP contribution in [0.3, 0.4) is 0 Å². The summed E-state index contributed by atoms with van der Waals surface area (Å²) in [4.78, 5) is 10.5. The van der Waals surface area contributed by atoms with E-state index in [0.29, 0.717) is 11.3 Å². The number of nitrogens with zero attached hydrogens (tertiary/aromatic N) is 2. The van der Waals surface area contributed by atoms with E-state index in [4.69, 9.17) is 5.26 Å². The van der Waals surface area contributed by atoms with Crippen molar-refractivity contribution in [1.82, 2.24) is 0 Å². The lowest BCUT2D eigenvalue weighted by atomic mass is 9.95. The fourth-order valence-corrected chi connectivity index (χ4v) is 1.61. The Kier molecular flexibility index (Phi) is 4.27. The molecule has 18 heavy (non-hydrogen) atoms. The van der Waals surface area contributed by atoms with Crippen LogP contribution in [0.2, 0.25) is 0 Å². The number of nitriles is 1. The van der Waals surface area contributed by atoms with Gasteiger partial charge < -0.3 is 5.32 Å². The van der Waals surface area contributed by atoms with Gasteiger partial charge in [-0.15, -0.1) is 0 Å². The first-order chi connectivity index (χ1) is 8.45. The largest absolute Gasteiger partial charge is 0.374 e. The third kappa shape index (κ3) is 2.98. The predicted octanol–water partition coefficient (Wildman–Crippen LogP) is 3.46. The maximum absolute atomic E-state index is 11.0. The molecule has 0 fully saturated rings. The molecule has 5 heteroatoms. The Bertz CT molecular complexity index is 487. The van der Waals surface area contributed by atoms with E-state index in [-0.39, 0.29) is 11.2 Å². The number of hydrogen-bond acceptors (Lipinski definition) is 4. The number of nitrogens with one attached hydrogen (secondary N) is 1. The molecule has 0 atom stereocenters. The molecule has 0 radical (unpaired) electrons. The summed E-state index contributed by atoms with van der Waals surface area (Å²) >= 11 is 0. The van der Waals surface area contributed by atoms with Crippen LogP contribution in [-0.4, -0.2) is 10.5 Å². The summed E-state index contributed by atoms with van der Waals surface area (Å²) in [6.07, 6.45) is 1.72. The molecule has 0 saturated carbocycles. The Labute approximate surface area is 107 Å². The van der Waals surface area contributed by atoms with Crippen molar-refractivity contribution in [3.05, 3.63) is 33.9 Å². The average molecular weight is 247 g/mol. The molecule has 0 aliphatic heterocycles. The Morgan fingerprint density at radius 2 is 2.06 bits per heavy atom. The van der Waals surface area contributed by atoms with E-state index in [1.165, 1.54) is 6.07 Å². The van der Waals surface area contributed by atoms with Gasteiger partial charge in [0, 0.05) is 11.6 Å². The van der Waals surface area contributed by atoms with E-state index in [9.17, 15) is 10.1 Å². The van der Waals surface area contributed by atoms with Crippen molar-refractivity contribution in [2.75, 3.05) is 5.32 Å². The zero-order chi connectivity index (χ0) is 13.8. The maximum Gasteiger partial charge on any atom is 0.293 e. The molecule has 5 nitrogen and oxygen atoms in total. The standard InChI is InChI=1S/C13H17N3O2/c1-4-13(3,5-2)15-11-7-6-10(9-14)8-12(11)16(17)18/h6-8,15H,4-5H2,1-3H3. The van der Waals surface area contributed by atoms with Crippen molar-refractivity contribution in [3.8, 4) is 6.07 Å². The molecule has 0 amide bonds. The topological polar surface area (TPSA) is 79.0 Å². The minimum Gasteiger partial charge on any atom is -0.374 e. The average Bonchev–Trinajstić information content (AvgIpc) is 2.38. The Balaban J connectivity index is 3.17. The van der Waals surface area contributed by atoms with Gasteiger partial charge in [0.05, 0.1) is 16.6 Å². The van der Waals surface area contributed by atoms with Gasteiger partial charge in [0.2, 0.25) is 0 Å². The quantitative estimate of drug-likeness (QED) is 0.638. The van der Waals surface area contributed by atoms with Crippen LogP contribution in [0.15, 0.2) is 18.2 Å². The fraction of sp³-hybridized carbons (Fsp3) is 0.462. The van der Waals surface area contributed by atoms with Crippen LogP contribution in [0.25, 0.3) is 0 Å². The minimum atomic E-state index is -0.463. The minimum absolute atomic E-state index is 0.0535. The summed E-state index contributed by atoms with van der Waals surface area (Å²) in [7, 11) is 0. The summed E-state index contributed by atoms with van der Waals surface area (Å²) in [5.74, 6) is 0. The predicted molar refractivity (Wildman–Crippen MR) is 70.4 cm³/mol. The summed E-state index contributed by atoms with van der Waals surface area (Å²) in [6, 6.07) is 6.39. The van der Waals surface area contributed by atoms with E-state index in [0.717, 1.165) is 12.8 Å². The molecule has 1 aromatic rings. The highest BCUT2D eigenvalue weighted by Gasteiger charge is 2.23. The highest BCUT2D eigenvalue weighted by atomic mass is 16.6. The van der Waals surface area contributed by atoms with Crippen LogP contribution in [0.5, 0.6) is 0 Å². The molecule has 0 bridgehead atoms. The second-order valence-corrected chi connectivity index (χ2v) is 4.49. The number of anilines is 1. The van der Waals surface area contributed by atoms with Gasteiger partial charge in [-0.1, -0.05) is 13.8 Å². The van der Waals surface area contributed by atoms with Crippen LogP contribution >= 0.6 is 0 Å². The molecular formula is C13H17N3O2. The number of nitro groups is 1. The van der Waals surface area contributed by atoms with Gasteiger partial charge in [-0.3, -0.25) is 10.1 Å². The van der Waals surface area contributed by atoms with Gasteiger partial charge in [0.25, 0.3) is 5.69 Å². The van der Waals surface area contributed by atoms with Crippen LogP contribution in [-0.2, 0) is 0 Å². The van der Waals surface area contributed by atoms with E-state index in [2.05, 4.69) is 5.32 Å². The number of benzene rings is 1. The SMILES string of the molecule is CCC(C)(CC)Nc1ccc(C#N)cc1[N+](=O)[O-]. The van der Waals surface area contributed by atoms with Gasteiger partial charge in [0.15, 0.2) is 0 Å². The molecule has 0 aliphatic carbocycles. The lowest BCUT2D eigenvalue weighted by molar-refractivity contribution is -0.384. The van der Waals surface area contributed by atoms with Gasteiger partial charge in [-0.05, 0) is 31.9 Å². The van der Waals surface area contributed by atoms with Gasteiger partial charge in [0.1, 0.15) is 5.69 Å². The molecule has 1 rings (SSSR count). The summed E-state index contributed by atoms with van der Waals surface area (Å²) < 4.78 is 0. The zero-order valence-electron chi connectivity index (χ0n) is 10.9. The number of nitro benzene ring substituents is 1. The van der Waals surface area contributed by atoms with Crippen molar-refractivity contribution >= 4 is 11.4 Å². The first-order valence-corrected chi connectivity index (χ1v) is 5.92. The van der Waals surface area contributed by atoms with Crippen LogP contribution in [0, 0.1) is 21.4 Å². The Morgan fingerprint density at radius 1 is 1.44 bits per heavy atom. The van der Waals surface area contributed by atoms with Crippen molar-refractivity contribution in [2.24, 2.45) is 0 Å². The van der Waals surface area contributed by atoms with Crippen LogP contribution < -0.4 is 5.32 Å². The van der Waals surface area contributed by atoms with Crippen LogP contribution in [0.1, 0.15) is 39.2 Å². The van der Waals surface area contributed by atoms with Crippen molar-refractivity contribution < 1.29 is 4.92 Å². The lowest BCUT2D eigenvalue weighted by Gasteiger charge is -2.29. The van der Waals surface area contributed by atoms with E-state index >= 15 is 0 Å². The summed E-state index contributed by atoms with van der Waals surface area (Å²) in [5.41, 5.74) is 0.521. The molecule has 0 heterocycles. The zero-order valence-corrected chi connectivity index (χ0v) is 10.9. The van der Waals surface area contributed by atoms with Crippen molar-refractivity contribution in [2.45, 2.75) is 39.2 Å². The lowest BCUT2D eigenvalue weighted by Crippen LogP contribution is -2.33. The fourth-order valence-electron chi connectivity index (χ4n) is 1.61. The Morgan fingerprint density at radius 3 is 2.50 bits per heavy atom. The molecule has 1 aromatic carbocycles. The van der Waals surface area contributed by atoms with Crippen molar-refractivity contribution in [1.29, 1.82) is 5.26 Å².